The molecule has 4 nitrogen and oxygen atoms in total. The van der Waals surface area contributed by atoms with Crippen LogP contribution in [0.5, 0.6) is 0 Å². The van der Waals surface area contributed by atoms with Crippen molar-refractivity contribution in [2.24, 2.45) is 0 Å². The van der Waals surface area contributed by atoms with Gasteiger partial charge in [0, 0.05) is 32.9 Å². The highest BCUT2D eigenvalue weighted by atomic mass is 35.5. The summed E-state index contributed by atoms with van der Waals surface area (Å²) >= 11 is 11.8. The lowest BCUT2D eigenvalue weighted by Crippen LogP contribution is -2.32. The molecule has 2 amide bonds. The van der Waals surface area contributed by atoms with Gasteiger partial charge in [0.2, 0.25) is 0 Å². The van der Waals surface area contributed by atoms with Crippen molar-refractivity contribution < 1.29 is 9.59 Å². The smallest absolute Gasteiger partial charge is 0.255 e. The number of anilines is 1. The number of carbonyl (C=O) groups excluding carboxylic acids is 2. The molecular weight excluding hydrogens is 347 g/mol. The van der Waals surface area contributed by atoms with E-state index in [2.05, 4.69) is 10.6 Å². The van der Waals surface area contributed by atoms with Crippen molar-refractivity contribution in [2.75, 3.05) is 5.32 Å². The summed E-state index contributed by atoms with van der Waals surface area (Å²) in [6.45, 7) is 3.92. The number of rotatable bonds is 5. The van der Waals surface area contributed by atoms with E-state index in [1.807, 2.05) is 13.8 Å². The standard InChI is InChI=1S/C18H18Cl2N2O2/c1-3-11(2)21-17(23)12-5-4-6-13(7-12)18(24)22-16-9-14(19)8-15(20)10-16/h4-11H,3H2,1-2H3,(H,21,23)(H,22,24). The van der Waals surface area contributed by atoms with Gasteiger partial charge in [-0.25, -0.2) is 0 Å². The van der Waals surface area contributed by atoms with Crippen molar-refractivity contribution in [3.05, 3.63) is 63.6 Å². The first-order valence-corrected chi connectivity index (χ1v) is 8.33. The summed E-state index contributed by atoms with van der Waals surface area (Å²) in [5, 5.41) is 6.45. The number of amides is 2. The second-order valence-electron chi connectivity index (χ2n) is 5.48. The van der Waals surface area contributed by atoms with Gasteiger partial charge in [-0.15, -0.1) is 0 Å². The van der Waals surface area contributed by atoms with Gasteiger partial charge in [-0.1, -0.05) is 36.2 Å². The van der Waals surface area contributed by atoms with E-state index in [1.165, 1.54) is 0 Å². The molecule has 0 aromatic heterocycles. The predicted octanol–water partition coefficient (Wildman–Crippen LogP) is 4.77. The predicted molar refractivity (Wildman–Crippen MR) is 98.1 cm³/mol. The topological polar surface area (TPSA) is 58.2 Å². The molecule has 2 aromatic carbocycles. The quantitative estimate of drug-likeness (QED) is 0.802. The average Bonchev–Trinajstić information content (AvgIpc) is 2.53. The van der Waals surface area contributed by atoms with Crippen LogP contribution in [0.4, 0.5) is 5.69 Å². The Morgan fingerprint density at radius 1 is 1.00 bits per heavy atom. The van der Waals surface area contributed by atoms with Crippen LogP contribution < -0.4 is 10.6 Å². The fraction of sp³-hybridized carbons (Fsp3) is 0.222. The molecule has 24 heavy (non-hydrogen) atoms. The first-order valence-electron chi connectivity index (χ1n) is 7.57. The lowest BCUT2D eigenvalue weighted by molar-refractivity contribution is 0.0939. The van der Waals surface area contributed by atoms with Gasteiger partial charge in [0.1, 0.15) is 0 Å². The molecule has 0 aliphatic heterocycles. The lowest BCUT2D eigenvalue weighted by atomic mass is 10.1. The number of carbonyl (C=O) groups is 2. The molecule has 2 aromatic rings. The Morgan fingerprint density at radius 2 is 1.58 bits per heavy atom. The van der Waals surface area contributed by atoms with Gasteiger partial charge < -0.3 is 10.6 Å². The number of nitrogens with one attached hydrogen (secondary N) is 2. The van der Waals surface area contributed by atoms with E-state index < -0.39 is 0 Å². The molecule has 126 valence electrons. The van der Waals surface area contributed by atoms with Gasteiger partial charge in [-0.3, -0.25) is 9.59 Å². The Bertz CT molecular complexity index is 742. The molecule has 2 N–H and O–H groups in total. The van der Waals surface area contributed by atoms with Crippen LogP contribution in [0.2, 0.25) is 10.0 Å². The third kappa shape index (κ3) is 4.98. The van der Waals surface area contributed by atoms with Crippen LogP contribution in [0.1, 0.15) is 41.0 Å². The molecule has 0 radical (unpaired) electrons. The molecule has 0 heterocycles. The summed E-state index contributed by atoms with van der Waals surface area (Å²) in [5.74, 6) is -0.545. The highest BCUT2D eigenvalue weighted by Gasteiger charge is 2.12. The van der Waals surface area contributed by atoms with Crippen LogP contribution in [-0.2, 0) is 0 Å². The van der Waals surface area contributed by atoms with E-state index in [4.69, 9.17) is 23.2 Å². The molecular formula is C18H18Cl2N2O2. The molecule has 6 heteroatoms. The van der Waals surface area contributed by atoms with Crippen molar-refractivity contribution in [1.82, 2.24) is 5.32 Å². The number of hydrogen-bond donors (Lipinski definition) is 2. The maximum atomic E-state index is 12.4. The Labute approximate surface area is 151 Å². The molecule has 0 aliphatic rings. The van der Waals surface area contributed by atoms with Crippen molar-refractivity contribution in [3.63, 3.8) is 0 Å². The summed E-state index contributed by atoms with van der Waals surface area (Å²) in [7, 11) is 0. The minimum atomic E-state index is -0.341. The van der Waals surface area contributed by atoms with E-state index >= 15 is 0 Å². The maximum Gasteiger partial charge on any atom is 0.255 e. The zero-order valence-corrected chi connectivity index (χ0v) is 14.9. The van der Waals surface area contributed by atoms with Crippen molar-refractivity contribution in [3.8, 4) is 0 Å². The lowest BCUT2D eigenvalue weighted by Gasteiger charge is -2.12. The normalized spacial score (nSPS) is 11.7. The summed E-state index contributed by atoms with van der Waals surface area (Å²) in [5.41, 5.74) is 1.31. The van der Waals surface area contributed by atoms with Crippen LogP contribution in [0, 0.1) is 0 Å². The molecule has 2 rings (SSSR count). The molecule has 0 aliphatic carbocycles. The zero-order valence-electron chi connectivity index (χ0n) is 13.4. The monoisotopic (exact) mass is 364 g/mol. The van der Waals surface area contributed by atoms with Gasteiger partial charge >= 0.3 is 0 Å². The van der Waals surface area contributed by atoms with Gasteiger partial charge in [0.15, 0.2) is 0 Å². The Morgan fingerprint density at radius 3 is 2.17 bits per heavy atom. The Hall–Kier alpha value is -2.04. The first kappa shape index (κ1) is 18.3. The van der Waals surface area contributed by atoms with Crippen LogP contribution >= 0.6 is 23.2 Å². The second kappa shape index (κ2) is 8.18. The molecule has 0 bridgehead atoms. The highest BCUT2D eigenvalue weighted by Crippen LogP contribution is 2.23. The molecule has 0 saturated carbocycles. The zero-order chi connectivity index (χ0) is 17.7. The number of halogens is 2. The highest BCUT2D eigenvalue weighted by molar-refractivity contribution is 6.35. The number of hydrogen-bond acceptors (Lipinski definition) is 2. The summed E-state index contributed by atoms with van der Waals surface area (Å²) < 4.78 is 0. The second-order valence-corrected chi connectivity index (χ2v) is 6.35. The molecule has 1 unspecified atom stereocenters. The Kier molecular flexibility index (Phi) is 6.23. The largest absolute Gasteiger partial charge is 0.350 e. The van der Waals surface area contributed by atoms with Crippen LogP contribution in [0.15, 0.2) is 42.5 Å². The van der Waals surface area contributed by atoms with Crippen LogP contribution in [0.25, 0.3) is 0 Å². The third-order valence-corrected chi connectivity index (χ3v) is 3.93. The molecule has 1 atom stereocenters. The summed E-state index contributed by atoms with van der Waals surface area (Å²) in [4.78, 5) is 24.5. The first-order chi connectivity index (χ1) is 11.4. The molecule has 0 spiro atoms. The maximum absolute atomic E-state index is 12.4. The third-order valence-electron chi connectivity index (χ3n) is 3.50. The Balaban J connectivity index is 2.15. The minimum absolute atomic E-state index is 0.0728. The average molecular weight is 365 g/mol. The van der Waals surface area contributed by atoms with E-state index in [9.17, 15) is 9.59 Å². The van der Waals surface area contributed by atoms with Crippen molar-refractivity contribution in [2.45, 2.75) is 26.3 Å². The number of benzene rings is 2. The van der Waals surface area contributed by atoms with Gasteiger partial charge in [0.25, 0.3) is 11.8 Å². The van der Waals surface area contributed by atoms with Crippen LogP contribution in [-0.4, -0.2) is 17.9 Å². The van der Waals surface area contributed by atoms with E-state index in [-0.39, 0.29) is 17.9 Å². The summed E-state index contributed by atoms with van der Waals surface area (Å²) in [6.07, 6.45) is 0.835. The minimum Gasteiger partial charge on any atom is -0.350 e. The summed E-state index contributed by atoms with van der Waals surface area (Å²) in [6, 6.07) is 11.4. The van der Waals surface area contributed by atoms with Gasteiger partial charge in [-0.2, -0.15) is 0 Å². The van der Waals surface area contributed by atoms with Gasteiger partial charge in [0.05, 0.1) is 0 Å². The van der Waals surface area contributed by atoms with Crippen molar-refractivity contribution >= 4 is 40.7 Å². The van der Waals surface area contributed by atoms with Crippen LogP contribution in [0.3, 0.4) is 0 Å². The fourth-order valence-electron chi connectivity index (χ4n) is 2.04. The van der Waals surface area contributed by atoms with E-state index in [0.717, 1.165) is 6.42 Å². The van der Waals surface area contributed by atoms with Gasteiger partial charge in [-0.05, 0) is 49.7 Å². The molecule has 0 saturated heterocycles. The SMILES string of the molecule is CCC(C)NC(=O)c1cccc(C(=O)Nc2cc(Cl)cc(Cl)c2)c1. The van der Waals surface area contributed by atoms with E-state index in [0.29, 0.717) is 26.9 Å². The van der Waals surface area contributed by atoms with Crippen molar-refractivity contribution in [1.29, 1.82) is 0 Å². The van der Waals surface area contributed by atoms with E-state index in [1.54, 1.807) is 42.5 Å². The fourth-order valence-corrected chi connectivity index (χ4v) is 2.57. The molecule has 0 fully saturated rings.